The van der Waals surface area contributed by atoms with Gasteiger partial charge in [0.05, 0.1) is 17.4 Å². The summed E-state index contributed by atoms with van der Waals surface area (Å²) in [6.07, 6.45) is 0.432. The Kier molecular flexibility index (Phi) is 4.62. The van der Waals surface area contributed by atoms with Crippen LogP contribution < -0.4 is 5.32 Å². The standard InChI is InChI=1S/C10H18ClNO3S/c1-7(2)9(5-11)12-10(13)8-3-4-16(14,15)6-8/h7-9H,3-6H2,1-2H3,(H,12,13). The molecule has 94 valence electrons. The number of hydrogen-bond donors (Lipinski definition) is 1. The van der Waals surface area contributed by atoms with E-state index in [1.54, 1.807) is 0 Å². The monoisotopic (exact) mass is 267 g/mol. The minimum atomic E-state index is -3.00. The molecule has 0 aromatic carbocycles. The lowest BCUT2D eigenvalue weighted by Crippen LogP contribution is -2.43. The normalized spacial score (nSPS) is 25.6. The second-order valence-corrected chi connectivity index (χ2v) is 7.15. The van der Waals surface area contributed by atoms with Gasteiger partial charge in [0.1, 0.15) is 0 Å². The maximum absolute atomic E-state index is 11.8. The molecule has 0 aromatic heterocycles. The SMILES string of the molecule is CC(C)C(CCl)NC(=O)C1CCS(=O)(=O)C1. The fourth-order valence-electron chi connectivity index (χ4n) is 1.69. The summed E-state index contributed by atoms with van der Waals surface area (Å²) in [5.74, 6) is 0.127. The van der Waals surface area contributed by atoms with Gasteiger partial charge in [-0.2, -0.15) is 0 Å². The summed E-state index contributed by atoms with van der Waals surface area (Å²) in [6, 6.07) is -0.0857. The number of nitrogens with one attached hydrogen (secondary N) is 1. The Hall–Kier alpha value is -0.290. The van der Waals surface area contributed by atoms with E-state index in [9.17, 15) is 13.2 Å². The van der Waals surface area contributed by atoms with Crippen molar-refractivity contribution in [2.75, 3.05) is 17.4 Å². The van der Waals surface area contributed by atoms with Crippen LogP contribution in [0.2, 0.25) is 0 Å². The van der Waals surface area contributed by atoms with E-state index < -0.39 is 15.8 Å². The Morgan fingerprint density at radius 3 is 2.50 bits per heavy atom. The van der Waals surface area contributed by atoms with Crippen LogP contribution in [-0.2, 0) is 14.6 Å². The summed E-state index contributed by atoms with van der Waals surface area (Å²) < 4.78 is 22.5. The second-order valence-electron chi connectivity index (χ2n) is 4.61. The van der Waals surface area contributed by atoms with Crippen molar-refractivity contribution in [3.05, 3.63) is 0 Å². The zero-order chi connectivity index (χ0) is 12.3. The first kappa shape index (κ1) is 13.8. The maximum atomic E-state index is 11.8. The summed E-state index contributed by atoms with van der Waals surface area (Å²) in [6.45, 7) is 3.94. The van der Waals surface area contributed by atoms with Crippen molar-refractivity contribution in [2.24, 2.45) is 11.8 Å². The van der Waals surface area contributed by atoms with Gasteiger partial charge in [-0.25, -0.2) is 8.42 Å². The number of carbonyl (C=O) groups excluding carboxylic acids is 1. The highest BCUT2D eigenvalue weighted by Crippen LogP contribution is 2.19. The van der Waals surface area contributed by atoms with Gasteiger partial charge in [-0.05, 0) is 12.3 Å². The summed E-state index contributed by atoms with van der Waals surface area (Å²) in [5.41, 5.74) is 0. The van der Waals surface area contributed by atoms with Crippen molar-refractivity contribution in [2.45, 2.75) is 26.3 Å². The third-order valence-electron chi connectivity index (χ3n) is 2.90. The highest BCUT2D eigenvalue weighted by atomic mass is 35.5. The van der Waals surface area contributed by atoms with Gasteiger partial charge in [0.2, 0.25) is 5.91 Å². The zero-order valence-electron chi connectivity index (χ0n) is 9.57. The molecule has 1 rings (SSSR count). The van der Waals surface area contributed by atoms with Crippen LogP contribution in [0.1, 0.15) is 20.3 Å². The van der Waals surface area contributed by atoms with Crippen LogP contribution in [0.15, 0.2) is 0 Å². The number of sulfone groups is 1. The van der Waals surface area contributed by atoms with Crippen LogP contribution >= 0.6 is 11.6 Å². The molecule has 1 fully saturated rings. The molecule has 0 spiro atoms. The first-order valence-corrected chi connectivity index (χ1v) is 7.78. The van der Waals surface area contributed by atoms with E-state index in [2.05, 4.69) is 5.32 Å². The van der Waals surface area contributed by atoms with E-state index in [-0.39, 0.29) is 29.4 Å². The molecule has 0 radical (unpaired) electrons. The van der Waals surface area contributed by atoms with Gasteiger partial charge < -0.3 is 5.32 Å². The smallest absolute Gasteiger partial charge is 0.224 e. The first-order valence-electron chi connectivity index (χ1n) is 5.42. The molecule has 0 saturated carbocycles. The van der Waals surface area contributed by atoms with E-state index in [1.165, 1.54) is 0 Å². The predicted octanol–water partition coefficient (Wildman–Crippen LogP) is 0.801. The maximum Gasteiger partial charge on any atom is 0.224 e. The van der Waals surface area contributed by atoms with Gasteiger partial charge in [-0.15, -0.1) is 11.6 Å². The van der Waals surface area contributed by atoms with Crippen LogP contribution in [0.25, 0.3) is 0 Å². The van der Waals surface area contributed by atoms with Crippen LogP contribution in [0.4, 0.5) is 0 Å². The topological polar surface area (TPSA) is 63.2 Å². The molecule has 1 N–H and O–H groups in total. The van der Waals surface area contributed by atoms with E-state index >= 15 is 0 Å². The largest absolute Gasteiger partial charge is 0.352 e. The molecular weight excluding hydrogens is 250 g/mol. The fourth-order valence-corrected chi connectivity index (χ4v) is 3.86. The number of hydrogen-bond acceptors (Lipinski definition) is 3. The Morgan fingerprint density at radius 2 is 2.12 bits per heavy atom. The average molecular weight is 268 g/mol. The van der Waals surface area contributed by atoms with E-state index in [0.29, 0.717) is 12.3 Å². The predicted molar refractivity (Wildman–Crippen MR) is 64.2 cm³/mol. The van der Waals surface area contributed by atoms with Gasteiger partial charge in [-0.3, -0.25) is 4.79 Å². The van der Waals surface area contributed by atoms with Crippen molar-refractivity contribution < 1.29 is 13.2 Å². The summed E-state index contributed by atoms with van der Waals surface area (Å²) >= 11 is 5.74. The lowest BCUT2D eigenvalue weighted by Gasteiger charge is -2.21. The number of halogens is 1. The lowest BCUT2D eigenvalue weighted by atomic mass is 10.0. The number of alkyl halides is 1. The van der Waals surface area contributed by atoms with E-state index in [1.807, 2.05) is 13.8 Å². The molecular formula is C10H18ClNO3S. The molecule has 1 aliphatic rings. The van der Waals surface area contributed by atoms with Crippen LogP contribution in [0.3, 0.4) is 0 Å². The third-order valence-corrected chi connectivity index (χ3v) is 5.00. The molecule has 0 aliphatic carbocycles. The van der Waals surface area contributed by atoms with Crippen molar-refractivity contribution in [1.29, 1.82) is 0 Å². The summed E-state index contributed by atoms with van der Waals surface area (Å²) in [4.78, 5) is 11.8. The van der Waals surface area contributed by atoms with Crippen molar-refractivity contribution in [1.82, 2.24) is 5.32 Å². The lowest BCUT2D eigenvalue weighted by molar-refractivity contribution is -0.125. The Bertz CT molecular complexity index is 353. The van der Waals surface area contributed by atoms with Gasteiger partial charge in [0, 0.05) is 11.9 Å². The third kappa shape index (κ3) is 3.63. The molecule has 0 bridgehead atoms. The highest BCUT2D eigenvalue weighted by molar-refractivity contribution is 7.91. The molecule has 6 heteroatoms. The van der Waals surface area contributed by atoms with Crippen LogP contribution in [0, 0.1) is 11.8 Å². The molecule has 1 aliphatic heterocycles. The molecule has 2 atom stereocenters. The first-order chi connectivity index (χ1) is 7.35. The summed E-state index contributed by atoms with van der Waals surface area (Å²) in [7, 11) is -3.00. The molecule has 4 nitrogen and oxygen atoms in total. The Labute approximate surface area is 102 Å². The molecule has 0 aromatic rings. The average Bonchev–Trinajstić information content (AvgIpc) is 2.54. The number of carbonyl (C=O) groups is 1. The summed E-state index contributed by atoms with van der Waals surface area (Å²) in [5, 5.41) is 2.81. The second kappa shape index (κ2) is 5.36. The molecule has 2 unspecified atom stereocenters. The number of rotatable bonds is 4. The molecule has 16 heavy (non-hydrogen) atoms. The van der Waals surface area contributed by atoms with Crippen molar-refractivity contribution in [3.63, 3.8) is 0 Å². The van der Waals surface area contributed by atoms with Crippen LogP contribution in [-0.4, -0.2) is 37.8 Å². The van der Waals surface area contributed by atoms with Crippen LogP contribution in [0.5, 0.6) is 0 Å². The molecule has 1 saturated heterocycles. The van der Waals surface area contributed by atoms with Gasteiger partial charge in [0.15, 0.2) is 9.84 Å². The Morgan fingerprint density at radius 1 is 1.50 bits per heavy atom. The minimum Gasteiger partial charge on any atom is -0.352 e. The zero-order valence-corrected chi connectivity index (χ0v) is 11.1. The molecule has 1 amide bonds. The van der Waals surface area contributed by atoms with Crippen molar-refractivity contribution >= 4 is 27.3 Å². The van der Waals surface area contributed by atoms with Gasteiger partial charge in [-0.1, -0.05) is 13.8 Å². The number of amides is 1. The Balaban J connectivity index is 2.53. The van der Waals surface area contributed by atoms with E-state index in [0.717, 1.165) is 0 Å². The van der Waals surface area contributed by atoms with Gasteiger partial charge in [0.25, 0.3) is 0 Å². The quantitative estimate of drug-likeness (QED) is 0.767. The molecule has 1 heterocycles. The minimum absolute atomic E-state index is 0.0219. The fraction of sp³-hybridized carbons (Fsp3) is 0.900. The van der Waals surface area contributed by atoms with Crippen molar-refractivity contribution in [3.8, 4) is 0 Å². The van der Waals surface area contributed by atoms with E-state index in [4.69, 9.17) is 11.6 Å². The highest BCUT2D eigenvalue weighted by Gasteiger charge is 2.33. The van der Waals surface area contributed by atoms with Gasteiger partial charge >= 0.3 is 0 Å².